The molecule has 3 nitrogen and oxygen atoms in total. The molecule has 2 rings (SSSR count). The maximum absolute atomic E-state index is 6.02. The fraction of sp³-hybridized carbons (Fsp3) is 0.667. The summed E-state index contributed by atoms with van der Waals surface area (Å²) in [7, 11) is -0.317. The number of rotatable bonds is 5. The van der Waals surface area contributed by atoms with Crippen LogP contribution in [0.25, 0.3) is 0 Å². The molecule has 1 aromatic rings. The molecule has 0 unspecified atom stereocenters. The second-order valence-corrected chi connectivity index (χ2v) is 7.34. The molecular formula is C15H24BNO2S. The maximum Gasteiger partial charge on any atom is 0.496 e. The molecule has 0 spiro atoms. The van der Waals surface area contributed by atoms with Crippen molar-refractivity contribution in [1.29, 1.82) is 0 Å². The van der Waals surface area contributed by atoms with E-state index in [4.69, 9.17) is 9.31 Å². The van der Waals surface area contributed by atoms with Crippen molar-refractivity contribution in [2.24, 2.45) is 0 Å². The van der Waals surface area contributed by atoms with E-state index in [9.17, 15) is 0 Å². The third kappa shape index (κ3) is 3.38. The van der Waals surface area contributed by atoms with Crippen LogP contribution in [0.15, 0.2) is 23.4 Å². The van der Waals surface area contributed by atoms with E-state index in [1.165, 1.54) is 12.8 Å². The van der Waals surface area contributed by atoms with Crippen LogP contribution >= 0.6 is 11.8 Å². The molecule has 1 aromatic heterocycles. The van der Waals surface area contributed by atoms with Gasteiger partial charge in [0.15, 0.2) is 0 Å². The highest BCUT2D eigenvalue weighted by molar-refractivity contribution is 7.99. The highest BCUT2D eigenvalue weighted by atomic mass is 32.2. The lowest BCUT2D eigenvalue weighted by atomic mass is 9.80. The Bertz CT molecular complexity index is 432. The van der Waals surface area contributed by atoms with Gasteiger partial charge in [-0.05, 0) is 45.9 Å². The lowest BCUT2D eigenvalue weighted by Gasteiger charge is -2.32. The van der Waals surface area contributed by atoms with Gasteiger partial charge in [0.25, 0.3) is 0 Å². The Morgan fingerprint density at radius 2 is 1.80 bits per heavy atom. The van der Waals surface area contributed by atoms with Crippen molar-refractivity contribution in [1.82, 2.24) is 4.98 Å². The standard InChI is InChI=1S/C15H24BNO2S/c1-6-7-10-20-13-9-8-12(11-17-13)16-18-14(2,3)15(4,5)19-16/h8-9,11H,6-7,10H2,1-5H3. The van der Waals surface area contributed by atoms with Crippen molar-refractivity contribution in [2.75, 3.05) is 5.75 Å². The number of hydrogen-bond donors (Lipinski definition) is 0. The highest BCUT2D eigenvalue weighted by Gasteiger charge is 2.51. The van der Waals surface area contributed by atoms with Gasteiger partial charge in [0, 0.05) is 11.7 Å². The van der Waals surface area contributed by atoms with Gasteiger partial charge in [-0.15, -0.1) is 11.8 Å². The summed E-state index contributed by atoms with van der Waals surface area (Å²) in [6.07, 6.45) is 4.32. The molecule has 2 heterocycles. The molecule has 1 saturated heterocycles. The third-order valence-electron chi connectivity index (χ3n) is 4.03. The smallest absolute Gasteiger partial charge is 0.399 e. The summed E-state index contributed by atoms with van der Waals surface area (Å²) in [5.41, 5.74) is 0.391. The van der Waals surface area contributed by atoms with E-state index >= 15 is 0 Å². The molecule has 1 fully saturated rings. The maximum atomic E-state index is 6.02. The Morgan fingerprint density at radius 1 is 1.15 bits per heavy atom. The third-order valence-corrected chi connectivity index (χ3v) is 5.06. The Morgan fingerprint density at radius 3 is 2.30 bits per heavy atom. The first-order chi connectivity index (χ1) is 9.36. The number of pyridine rings is 1. The highest BCUT2D eigenvalue weighted by Crippen LogP contribution is 2.36. The quantitative estimate of drug-likeness (QED) is 0.474. The molecule has 0 radical (unpaired) electrons. The van der Waals surface area contributed by atoms with Gasteiger partial charge in [0.1, 0.15) is 0 Å². The second kappa shape index (κ2) is 6.08. The van der Waals surface area contributed by atoms with Crippen LogP contribution in [0.2, 0.25) is 0 Å². The van der Waals surface area contributed by atoms with E-state index < -0.39 is 0 Å². The molecule has 1 aliphatic rings. The number of hydrogen-bond acceptors (Lipinski definition) is 4. The van der Waals surface area contributed by atoms with Crippen LogP contribution in [0.3, 0.4) is 0 Å². The van der Waals surface area contributed by atoms with Gasteiger partial charge in [-0.2, -0.15) is 0 Å². The largest absolute Gasteiger partial charge is 0.496 e. The molecule has 20 heavy (non-hydrogen) atoms. The second-order valence-electron chi connectivity index (χ2n) is 6.22. The van der Waals surface area contributed by atoms with E-state index in [1.54, 1.807) is 11.8 Å². The van der Waals surface area contributed by atoms with E-state index in [0.717, 1.165) is 16.2 Å². The molecule has 1 aliphatic heterocycles. The van der Waals surface area contributed by atoms with Crippen LogP contribution in [-0.4, -0.2) is 29.1 Å². The van der Waals surface area contributed by atoms with Crippen LogP contribution in [-0.2, 0) is 9.31 Å². The molecule has 0 saturated carbocycles. The molecule has 0 amide bonds. The molecule has 0 aromatic carbocycles. The fourth-order valence-electron chi connectivity index (χ4n) is 1.92. The summed E-state index contributed by atoms with van der Waals surface area (Å²) >= 11 is 1.80. The topological polar surface area (TPSA) is 31.4 Å². The zero-order valence-corrected chi connectivity index (χ0v) is 13.9. The van der Waals surface area contributed by atoms with Gasteiger partial charge in [-0.1, -0.05) is 19.4 Å². The van der Waals surface area contributed by atoms with Gasteiger partial charge in [-0.3, -0.25) is 4.98 Å². The van der Waals surface area contributed by atoms with E-state index in [2.05, 4.69) is 51.7 Å². The summed E-state index contributed by atoms with van der Waals surface area (Å²) in [4.78, 5) is 4.49. The molecular weight excluding hydrogens is 269 g/mol. The van der Waals surface area contributed by atoms with Crippen LogP contribution in [0.5, 0.6) is 0 Å². The first-order valence-electron chi connectivity index (χ1n) is 7.30. The van der Waals surface area contributed by atoms with Gasteiger partial charge < -0.3 is 9.31 Å². The predicted octanol–water partition coefficient (Wildman–Crippen LogP) is 3.27. The Hall–Kier alpha value is -0.515. The van der Waals surface area contributed by atoms with Crippen LogP contribution < -0.4 is 5.46 Å². The van der Waals surface area contributed by atoms with E-state index in [0.29, 0.717) is 0 Å². The van der Waals surface area contributed by atoms with Crippen LogP contribution in [0, 0.1) is 0 Å². The summed E-state index contributed by atoms with van der Waals surface area (Å²) in [5, 5.41) is 1.07. The Balaban J connectivity index is 2.01. The first kappa shape index (κ1) is 15.9. The zero-order valence-electron chi connectivity index (χ0n) is 13.1. The lowest BCUT2D eigenvalue weighted by molar-refractivity contribution is 0.00578. The van der Waals surface area contributed by atoms with Crippen molar-refractivity contribution in [3.63, 3.8) is 0 Å². The number of nitrogens with zero attached hydrogens (tertiary/aromatic N) is 1. The molecule has 0 atom stereocenters. The lowest BCUT2D eigenvalue weighted by Crippen LogP contribution is -2.41. The minimum Gasteiger partial charge on any atom is -0.399 e. The van der Waals surface area contributed by atoms with Crippen molar-refractivity contribution in [3.05, 3.63) is 18.3 Å². The van der Waals surface area contributed by atoms with Gasteiger partial charge >= 0.3 is 7.12 Å². The van der Waals surface area contributed by atoms with Crippen molar-refractivity contribution >= 4 is 24.3 Å². The summed E-state index contributed by atoms with van der Waals surface area (Å²) in [5.74, 6) is 1.12. The normalized spacial score (nSPS) is 20.4. The molecule has 0 N–H and O–H groups in total. The van der Waals surface area contributed by atoms with E-state index in [-0.39, 0.29) is 18.3 Å². The summed E-state index contributed by atoms with van der Waals surface area (Å²) in [6, 6.07) is 4.12. The van der Waals surface area contributed by atoms with Crippen molar-refractivity contribution in [3.8, 4) is 0 Å². The Labute approximate surface area is 127 Å². The van der Waals surface area contributed by atoms with Crippen LogP contribution in [0.4, 0.5) is 0 Å². The summed E-state index contributed by atoms with van der Waals surface area (Å²) in [6.45, 7) is 10.5. The van der Waals surface area contributed by atoms with E-state index in [1.807, 2.05) is 6.20 Å². The molecule has 110 valence electrons. The number of unbranched alkanes of at least 4 members (excludes halogenated alkanes) is 1. The fourth-order valence-corrected chi connectivity index (χ4v) is 2.85. The van der Waals surface area contributed by atoms with Gasteiger partial charge in [0.2, 0.25) is 0 Å². The molecule has 5 heteroatoms. The Kier molecular flexibility index (Phi) is 4.82. The number of aromatic nitrogens is 1. The predicted molar refractivity (Wildman–Crippen MR) is 85.6 cm³/mol. The molecule has 0 aliphatic carbocycles. The number of thioether (sulfide) groups is 1. The van der Waals surface area contributed by atoms with Crippen LogP contribution in [0.1, 0.15) is 47.5 Å². The monoisotopic (exact) mass is 293 g/mol. The SMILES string of the molecule is CCCCSc1ccc(B2OC(C)(C)C(C)(C)O2)cn1. The first-order valence-corrected chi connectivity index (χ1v) is 8.28. The average molecular weight is 293 g/mol. The minimum atomic E-state index is -0.317. The average Bonchev–Trinajstić information content (AvgIpc) is 2.60. The van der Waals surface area contributed by atoms with Crippen molar-refractivity contribution < 1.29 is 9.31 Å². The summed E-state index contributed by atoms with van der Waals surface area (Å²) < 4.78 is 12.0. The molecule has 0 bridgehead atoms. The minimum absolute atomic E-state index is 0.299. The van der Waals surface area contributed by atoms with Crippen molar-refractivity contribution in [2.45, 2.75) is 63.7 Å². The van der Waals surface area contributed by atoms with Gasteiger partial charge in [0.05, 0.1) is 16.2 Å². The van der Waals surface area contributed by atoms with Gasteiger partial charge in [-0.25, -0.2) is 0 Å². The zero-order chi connectivity index (χ0) is 14.8.